The van der Waals surface area contributed by atoms with E-state index in [2.05, 4.69) is 0 Å². The van der Waals surface area contributed by atoms with Crippen LogP contribution < -0.4 is 0 Å². The molecule has 2 fully saturated rings. The van der Waals surface area contributed by atoms with Gasteiger partial charge in [0.15, 0.2) is 5.79 Å². The number of rotatable bonds is 1. The first-order chi connectivity index (χ1) is 9.80. The first-order valence-corrected chi connectivity index (χ1v) is 7.58. The van der Waals surface area contributed by atoms with Crippen molar-refractivity contribution >= 4 is 29.1 Å². The zero-order chi connectivity index (χ0) is 15.3. The number of benzene rings is 1. The largest absolute Gasteiger partial charge is 0.350 e. The molecule has 1 spiro atoms. The molecule has 0 aromatic heterocycles. The minimum Gasteiger partial charge on any atom is -0.350 e. The van der Waals surface area contributed by atoms with Gasteiger partial charge >= 0.3 is 0 Å². The zero-order valence-electron chi connectivity index (χ0n) is 12.0. The highest BCUT2D eigenvalue weighted by Crippen LogP contribution is 2.38. The van der Waals surface area contributed by atoms with Crippen LogP contribution in [0.2, 0.25) is 10.0 Å². The van der Waals surface area contributed by atoms with Crippen molar-refractivity contribution < 1.29 is 14.3 Å². The van der Waals surface area contributed by atoms with Crippen molar-refractivity contribution in [1.29, 1.82) is 0 Å². The van der Waals surface area contributed by atoms with Gasteiger partial charge in [0, 0.05) is 18.1 Å². The summed E-state index contributed by atoms with van der Waals surface area (Å²) in [4.78, 5) is 14.2. The van der Waals surface area contributed by atoms with Crippen molar-refractivity contribution in [3.05, 3.63) is 33.8 Å². The fourth-order valence-corrected chi connectivity index (χ4v) is 3.15. The Balaban J connectivity index is 1.65. The molecule has 6 heteroatoms. The van der Waals surface area contributed by atoms with Gasteiger partial charge in [-0.25, -0.2) is 0 Å². The minimum atomic E-state index is -0.533. The van der Waals surface area contributed by atoms with E-state index in [1.165, 1.54) is 0 Å². The number of hydrogen-bond donors (Lipinski definition) is 0. The second kappa shape index (κ2) is 5.13. The molecule has 0 saturated carbocycles. The van der Waals surface area contributed by atoms with Crippen molar-refractivity contribution in [1.82, 2.24) is 4.90 Å². The van der Waals surface area contributed by atoms with E-state index in [1.807, 2.05) is 13.8 Å². The monoisotopic (exact) mass is 329 g/mol. The lowest BCUT2D eigenvalue weighted by Crippen LogP contribution is -2.65. The number of carbonyl (C=O) groups is 1. The van der Waals surface area contributed by atoms with Crippen LogP contribution in [0.25, 0.3) is 0 Å². The van der Waals surface area contributed by atoms with Crippen molar-refractivity contribution in [3.8, 4) is 0 Å². The highest BCUT2D eigenvalue weighted by molar-refractivity contribution is 6.36. The molecular weight excluding hydrogens is 313 g/mol. The summed E-state index contributed by atoms with van der Waals surface area (Å²) < 4.78 is 11.4. The Bertz CT molecular complexity index is 570. The topological polar surface area (TPSA) is 38.8 Å². The number of amides is 1. The Morgan fingerprint density at radius 3 is 2.38 bits per heavy atom. The summed E-state index contributed by atoms with van der Waals surface area (Å²) >= 11 is 11.9. The van der Waals surface area contributed by atoms with E-state index in [0.29, 0.717) is 41.9 Å². The van der Waals surface area contributed by atoms with Gasteiger partial charge in [0.25, 0.3) is 5.91 Å². The van der Waals surface area contributed by atoms with Gasteiger partial charge in [0.1, 0.15) is 0 Å². The molecule has 3 rings (SSSR count). The summed E-state index contributed by atoms with van der Waals surface area (Å²) in [6, 6.07) is 4.92. The third kappa shape index (κ3) is 2.90. The van der Waals surface area contributed by atoms with E-state index in [-0.39, 0.29) is 11.3 Å². The van der Waals surface area contributed by atoms with E-state index in [0.717, 1.165) is 0 Å². The highest BCUT2D eigenvalue weighted by Gasteiger charge is 2.50. The van der Waals surface area contributed by atoms with Gasteiger partial charge in [-0.15, -0.1) is 0 Å². The normalized spacial score (nSPS) is 23.0. The van der Waals surface area contributed by atoms with Gasteiger partial charge in [0.2, 0.25) is 0 Å². The standard InChI is InChI=1S/C15H17Cl2NO3/c1-14(2)20-8-15(9-21-14)6-18(7-15)13(19)11-4-3-10(16)5-12(11)17/h3-5H,6-9H2,1-2H3. The maximum atomic E-state index is 12.4. The van der Waals surface area contributed by atoms with Crippen LogP contribution in [0.15, 0.2) is 18.2 Å². The second-order valence-electron chi connectivity index (χ2n) is 6.26. The summed E-state index contributed by atoms with van der Waals surface area (Å²) in [5, 5.41) is 0.902. The number of carbonyl (C=O) groups excluding carboxylic acids is 1. The van der Waals surface area contributed by atoms with Crippen LogP contribution in [0.4, 0.5) is 0 Å². The molecule has 0 atom stereocenters. The van der Waals surface area contributed by atoms with Crippen LogP contribution in [-0.2, 0) is 9.47 Å². The van der Waals surface area contributed by atoms with Crippen molar-refractivity contribution in [3.63, 3.8) is 0 Å². The average Bonchev–Trinajstić information content (AvgIpc) is 2.36. The highest BCUT2D eigenvalue weighted by atomic mass is 35.5. The molecule has 114 valence electrons. The minimum absolute atomic E-state index is 0.0767. The third-order valence-electron chi connectivity index (χ3n) is 3.95. The molecule has 1 aromatic carbocycles. The average molecular weight is 330 g/mol. The predicted molar refractivity (Wildman–Crippen MR) is 80.8 cm³/mol. The van der Waals surface area contributed by atoms with Crippen molar-refractivity contribution in [2.24, 2.45) is 5.41 Å². The molecule has 0 radical (unpaired) electrons. The summed E-state index contributed by atoms with van der Waals surface area (Å²) in [6.07, 6.45) is 0. The van der Waals surface area contributed by atoms with Gasteiger partial charge < -0.3 is 14.4 Å². The molecule has 2 heterocycles. The Labute approximate surface area is 133 Å². The van der Waals surface area contributed by atoms with Gasteiger partial charge in [-0.1, -0.05) is 23.2 Å². The van der Waals surface area contributed by atoms with Crippen LogP contribution in [0.1, 0.15) is 24.2 Å². The van der Waals surface area contributed by atoms with Gasteiger partial charge in [-0.2, -0.15) is 0 Å². The first-order valence-electron chi connectivity index (χ1n) is 6.83. The molecule has 21 heavy (non-hydrogen) atoms. The molecule has 1 aromatic rings. The van der Waals surface area contributed by atoms with Gasteiger partial charge in [-0.05, 0) is 32.0 Å². The van der Waals surface area contributed by atoms with Crippen LogP contribution in [-0.4, -0.2) is 42.9 Å². The molecule has 4 nitrogen and oxygen atoms in total. The Morgan fingerprint density at radius 2 is 1.81 bits per heavy atom. The maximum absolute atomic E-state index is 12.4. The summed E-state index contributed by atoms with van der Waals surface area (Å²) in [5.41, 5.74) is 0.401. The van der Waals surface area contributed by atoms with Crippen LogP contribution in [0.5, 0.6) is 0 Å². The van der Waals surface area contributed by atoms with Crippen LogP contribution in [0, 0.1) is 5.41 Å². The SMILES string of the molecule is CC1(C)OCC2(CO1)CN(C(=O)c1ccc(Cl)cc1Cl)C2. The molecule has 1 amide bonds. The molecule has 0 bridgehead atoms. The van der Waals surface area contributed by atoms with E-state index in [4.69, 9.17) is 32.7 Å². The predicted octanol–water partition coefficient (Wildman–Crippen LogP) is 3.22. The van der Waals surface area contributed by atoms with E-state index >= 15 is 0 Å². The molecular formula is C15H17Cl2NO3. The van der Waals surface area contributed by atoms with E-state index in [1.54, 1.807) is 23.1 Å². The molecule has 0 unspecified atom stereocenters. The number of hydrogen-bond acceptors (Lipinski definition) is 3. The molecule has 0 aliphatic carbocycles. The lowest BCUT2D eigenvalue weighted by molar-refractivity contribution is -0.301. The molecule has 2 aliphatic heterocycles. The second-order valence-corrected chi connectivity index (χ2v) is 7.11. The van der Waals surface area contributed by atoms with E-state index < -0.39 is 5.79 Å². The Hall–Kier alpha value is -0.810. The lowest BCUT2D eigenvalue weighted by atomic mass is 9.80. The van der Waals surface area contributed by atoms with Crippen LogP contribution in [0.3, 0.4) is 0 Å². The summed E-state index contributed by atoms with van der Waals surface area (Å²) in [7, 11) is 0. The summed E-state index contributed by atoms with van der Waals surface area (Å²) in [6.45, 7) is 6.27. The Morgan fingerprint density at radius 1 is 1.19 bits per heavy atom. The third-order valence-corrected chi connectivity index (χ3v) is 4.50. The smallest absolute Gasteiger partial charge is 0.255 e. The van der Waals surface area contributed by atoms with Gasteiger partial charge in [0.05, 0.1) is 29.2 Å². The molecule has 2 saturated heterocycles. The number of ether oxygens (including phenoxy) is 2. The van der Waals surface area contributed by atoms with Crippen molar-refractivity contribution in [2.75, 3.05) is 26.3 Å². The number of nitrogens with zero attached hydrogens (tertiary/aromatic N) is 1. The number of halogens is 2. The van der Waals surface area contributed by atoms with Crippen molar-refractivity contribution in [2.45, 2.75) is 19.6 Å². The van der Waals surface area contributed by atoms with E-state index in [9.17, 15) is 4.79 Å². The lowest BCUT2D eigenvalue weighted by Gasteiger charge is -2.54. The first kappa shape index (κ1) is 15.1. The molecule has 0 N–H and O–H groups in total. The number of likely N-dealkylation sites (tertiary alicyclic amines) is 1. The van der Waals surface area contributed by atoms with Crippen LogP contribution >= 0.6 is 23.2 Å². The Kier molecular flexibility index (Phi) is 3.69. The quantitative estimate of drug-likeness (QED) is 0.794. The summed E-state index contributed by atoms with van der Waals surface area (Å²) in [5.74, 6) is -0.609. The molecule has 2 aliphatic rings. The maximum Gasteiger partial charge on any atom is 0.255 e. The zero-order valence-corrected chi connectivity index (χ0v) is 13.5. The fourth-order valence-electron chi connectivity index (χ4n) is 2.66. The van der Waals surface area contributed by atoms with Gasteiger partial charge in [-0.3, -0.25) is 4.79 Å². The fraction of sp³-hybridized carbons (Fsp3) is 0.533.